The van der Waals surface area contributed by atoms with Gasteiger partial charge in [-0.05, 0) is 25.0 Å². The predicted molar refractivity (Wildman–Crippen MR) is 76.5 cm³/mol. The summed E-state index contributed by atoms with van der Waals surface area (Å²) in [6, 6.07) is 3.43. The Bertz CT molecular complexity index is 480. The van der Waals surface area contributed by atoms with E-state index >= 15 is 0 Å². The fourth-order valence-corrected chi connectivity index (χ4v) is 2.05. The molecule has 108 valence electrons. The molecule has 1 aromatic heterocycles. The molecule has 1 fully saturated rings. The quantitative estimate of drug-likeness (QED) is 0.746. The van der Waals surface area contributed by atoms with Gasteiger partial charge in [-0.15, -0.1) is 0 Å². The van der Waals surface area contributed by atoms with Gasteiger partial charge in [0.2, 0.25) is 5.91 Å². The van der Waals surface area contributed by atoms with Crippen LogP contribution in [0.5, 0.6) is 0 Å². The van der Waals surface area contributed by atoms with Crippen molar-refractivity contribution < 1.29 is 9.59 Å². The lowest BCUT2D eigenvalue weighted by Crippen LogP contribution is -2.47. The molecule has 1 saturated heterocycles. The number of amides is 2. The Morgan fingerprint density at radius 2 is 2.40 bits per heavy atom. The molecule has 1 atom stereocenters. The highest BCUT2D eigenvalue weighted by Crippen LogP contribution is 2.09. The lowest BCUT2D eigenvalue weighted by atomic mass is 10.1. The summed E-state index contributed by atoms with van der Waals surface area (Å²) in [6.45, 7) is 3.39. The Kier molecular flexibility index (Phi) is 4.92. The Morgan fingerprint density at radius 3 is 3.10 bits per heavy atom. The van der Waals surface area contributed by atoms with Crippen LogP contribution in [0.25, 0.3) is 0 Å². The number of nitrogens with one attached hydrogen (secondary N) is 3. The van der Waals surface area contributed by atoms with Crippen molar-refractivity contribution in [2.75, 3.05) is 18.4 Å². The normalized spacial score (nSPS) is 18.2. The van der Waals surface area contributed by atoms with E-state index < -0.39 is 0 Å². The molecule has 1 aliphatic rings. The van der Waals surface area contributed by atoms with Crippen molar-refractivity contribution in [3.8, 4) is 0 Å². The van der Waals surface area contributed by atoms with Gasteiger partial charge < -0.3 is 16.0 Å². The second kappa shape index (κ2) is 6.88. The molecule has 2 heterocycles. The maximum Gasteiger partial charge on any atom is 0.251 e. The van der Waals surface area contributed by atoms with Gasteiger partial charge >= 0.3 is 0 Å². The van der Waals surface area contributed by atoms with Crippen molar-refractivity contribution in [3.05, 3.63) is 23.9 Å². The second-order valence-electron chi connectivity index (χ2n) is 4.87. The van der Waals surface area contributed by atoms with E-state index in [9.17, 15) is 9.59 Å². The molecule has 0 bridgehead atoms. The van der Waals surface area contributed by atoms with Crippen LogP contribution in [-0.4, -0.2) is 35.9 Å². The molecule has 0 saturated carbocycles. The average molecular weight is 276 g/mol. The monoisotopic (exact) mass is 276 g/mol. The summed E-state index contributed by atoms with van der Waals surface area (Å²) in [5.74, 6) is 0.620. The summed E-state index contributed by atoms with van der Waals surface area (Å²) in [7, 11) is 0. The van der Waals surface area contributed by atoms with Gasteiger partial charge in [0.05, 0.1) is 0 Å². The topological polar surface area (TPSA) is 83.1 Å². The second-order valence-corrected chi connectivity index (χ2v) is 4.87. The first-order chi connectivity index (χ1) is 9.69. The third-order valence-electron chi connectivity index (χ3n) is 3.18. The van der Waals surface area contributed by atoms with E-state index in [1.165, 1.54) is 0 Å². The smallest absolute Gasteiger partial charge is 0.251 e. The first-order valence-corrected chi connectivity index (χ1v) is 6.96. The standard InChI is InChI=1S/C14H20N4O2/c1-2-6-15-12-8-10(5-7-16-12)14(20)18-11-3-4-13(19)17-9-11/h5,7-8,11H,2-4,6,9H2,1H3,(H,15,16)(H,17,19)(H,18,20). The van der Waals surface area contributed by atoms with E-state index in [2.05, 4.69) is 27.9 Å². The molecule has 3 N–H and O–H groups in total. The number of anilines is 1. The molecule has 20 heavy (non-hydrogen) atoms. The molecule has 2 rings (SSSR count). The van der Waals surface area contributed by atoms with Crippen molar-refractivity contribution in [3.63, 3.8) is 0 Å². The molecular formula is C14H20N4O2. The number of pyridine rings is 1. The highest BCUT2D eigenvalue weighted by molar-refractivity contribution is 5.95. The summed E-state index contributed by atoms with van der Waals surface area (Å²) in [5.41, 5.74) is 0.579. The molecule has 1 unspecified atom stereocenters. The Labute approximate surface area is 118 Å². The fraction of sp³-hybridized carbons (Fsp3) is 0.500. The minimum absolute atomic E-state index is 0.000385. The highest BCUT2D eigenvalue weighted by Gasteiger charge is 2.20. The van der Waals surface area contributed by atoms with Gasteiger partial charge in [0.1, 0.15) is 5.82 Å². The van der Waals surface area contributed by atoms with Crippen molar-refractivity contribution in [1.82, 2.24) is 15.6 Å². The van der Waals surface area contributed by atoms with E-state index in [0.29, 0.717) is 30.8 Å². The summed E-state index contributed by atoms with van der Waals surface area (Å²) in [6.07, 6.45) is 3.77. The summed E-state index contributed by atoms with van der Waals surface area (Å²) in [5, 5.41) is 8.83. The van der Waals surface area contributed by atoms with Crippen molar-refractivity contribution >= 4 is 17.6 Å². The lowest BCUT2D eigenvalue weighted by Gasteiger charge is -2.23. The van der Waals surface area contributed by atoms with Crippen LogP contribution in [0.15, 0.2) is 18.3 Å². The number of rotatable bonds is 5. The van der Waals surface area contributed by atoms with Crippen LogP contribution in [0.3, 0.4) is 0 Å². The molecule has 0 radical (unpaired) electrons. The van der Waals surface area contributed by atoms with Crippen molar-refractivity contribution in [1.29, 1.82) is 0 Å². The van der Waals surface area contributed by atoms with Crippen molar-refractivity contribution in [2.45, 2.75) is 32.2 Å². The van der Waals surface area contributed by atoms with E-state index in [4.69, 9.17) is 0 Å². The predicted octanol–water partition coefficient (Wildman–Crippen LogP) is 0.912. The molecule has 0 aliphatic carbocycles. The molecule has 1 aromatic rings. The van der Waals surface area contributed by atoms with Crippen LogP contribution in [0.4, 0.5) is 5.82 Å². The van der Waals surface area contributed by atoms with Gasteiger partial charge in [0.25, 0.3) is 5.91 Å². The Morgan fingerprint density at radius 1 is 1.55 bits per heavy atom. The molecule has 0 spiro atoms. The van der Waals surface area contributed by atoms with E-state index in [0.717, 1.165) is 13.0 Å². The summed E-state index contributed by atoms with van der Waals surface area (Å²) < 4.78 is 0. The highest BCUT2D eigenvalue weighted by atomic mass is 16.2. The van der Waals surface area contributed by atoms with Crippen LogP contribution >= 0.6 is 0 Å². The largest absolute Gasteiger partial charge is 0.370 e. The zero-order valence-corrected chi connectivity index (χ0v) is 11.6. The summed E-state index contributed by atoms with van der Waals surface area (Å²) >= 11 is 0. The number of nitrogens with zero attached hydrogens (tertiary/aromatic N) is 1. The fourth-order valence-electron chi connectivity index (χ4n) is 2.05. The third-order valence-corrected chi connectivity index (χ3v) is 3.18. The van der Waals surface area contributed by atoms with Crippen LogP contribution in [-0.2, 0) is 4.79 Å². The first kappa shape index (κ1) is 14.3. The van der Waals surface area contributed by atoms with Crippen LogP contribution in [0.2, 0.25) is 0 Å². The number of aromatic nitrogens is 1. The minimum atomic E-state index is -0.131. The van der Waals surface area contributed by atoms with Gasteiger partial charge in [-0.2, -0.15) is 0 Å². The Balaban J connectivity index is 1.93. The van der Waals surface area contributed by atoms with Gasteiger partial charge in [-0.1, -0.05) is 6.92 Å². The third kappa shape index (κ3) is 3.94. The molecular weight excluding hydrogens is 256 g/mol. The number of carbonyl (C=O) groups excluding carboxylic acids is 2. The van der Waals surface area contributed by atoms with Crippen molar-refractivity contribution in [2.24, 2.45) is 0 Å². The zero-order valence-electron chi connectivity index (χ0n) is 11.6. The van der Waals surface area contributed by atoms with E-state index in [-0.39, 0.29) is 17.9 Å². The number of piperidine rings is 1. The van der Waals surface area contributed by atoms with Crippen LogP contribution in [0, 0.1) is 0 Å². The maximum absolute atomic E-state index is 12.1. The van der Waals surface area contributed by atoms with Gasteiger partial charge in [0.15, 0.2) is 0 Å². The van der Waals surface area contributed by atoms with E-state index in [1.807, 2.05) is 0 Å². The van der Waals surface area contributed by atoms with Crippen LogP contribution in [0.1, 0.15) is 36.5 Å². The van der Waals surface area contributed by atoms with Gasteiger partial charge in [-0.25, -0.2) is 4.98 Å². The molecule has 6 heteroatoms. The van der Waals surface area contributed by atoms with Gasteiger partial charge in [-0.3, -0.25) is 9.59 Å². The zero-order chi connectivity index (χ0) is 14.4. The van der Waals surface area contributed by atoms with Crippen LogP contribution < -0.4 is 16.0 Å². The SMILES string of the molecule is CCCNc1cc(C(=O)NC2CCC(=O)NC2)ccn1. The molecule has 1 aliphatic heterocycles. The lowest BCUT2D eigenvalue weighted by molar-refractivity contribution is -0.122. The maximum atomic E-state index is 12.1. The number of carbonyl (C=O) groups is 2. The first-order valence-electron chi connectivity index (χ1n) is 6.96. The molecule has 2 amide bonds. The minimum Gasteiger partial charge on any atom is -0.370 e. The average Bonchev–Trinajstić information content (AvgIpc) is 2.48. The number of hydrogen-bond acceptors (Lipinski definition) is 4. The summed E-state index contributed by atoms with van der Waals surface area (Å²) in [4.78, 5) is 27.4. The molecule has 6 nitrogen and oxygen atoms in total. The van der Waals surface area contributed by atoms with E-state index in [1.54, 1.807) is 18.3 Å². The Hall–Kier alpha value is -2.11. The number of hydrogen-bond donors (Lipinski definition) is 3. The van der Waals surface area contributed by atoms with Gasteiger partial charge in [0, 0.05) is 37.3 Å². The molecule has 0 aromatic carbocycles.